The van der Waals surface area contributed by atoms with E-state index in [1.807, 2.05) is 0 Å². The van der Waals surface area contributed by atoms with Gasteiger partial charge in [0.15, 0.2) is 5.75 Å². The molecule has 0 saturated heterocycles. The van der Waals surface area contributed by atoms with Crippen LogP contribution in [-0.4, -0.2) is 11.0 Å². The molecule has 104 valence electrons. The summed E-state index contributed by atoms with van der Waals surface area (Å²) in [6.45, 7) is 0. The van der Waals surface area contributed by atoms with Crippen molar-refractivity contribution in [3.05, 3.63) is 52.0 Å². The molecule has 0 saturated carbocycles. The first-order valence-electron chi connectivity index (χ1n) is 5.78. The van der Waals surface area contributed by atoms with Crippen LogP contribution in [0.5, 0.6) is 5.75 Å². The summed E-state index contributed by atoms with van der Waals surface area (Å²) in [6, 6.07) is 9.90. The van der Waals surface area contributed by atoms with Crippen molar-refractivity contribution in [2.75, 3.05) is 11.1 Å². The van der Waals surface area contributed by atoms with Gasteiger partial charge in [-0.05, 0) is 29.8 Å². The van der Waals surface area contributed by atoms with Crippen molar-refractivity contribution in [1.82, 2.24) is 0 Å². The van der Waals surface area contributed by atoms with E-state index in [0.717, 1.165) is 5.56 Å². The van der Waals surface area contributed by atoms with Gasteiger partial charge in [0, 0.05) is 11.4 Å². The van der Waals surface area contributed by atoms with E-state index in [4.69, 9.17) is 28.9 Å². The third-order valence-electron chi connectivity index (χ3n) is 2.65. The van der Waals surface area contributed by atoms with Crippen LogP contribution in [0.2, 0.25) is 10.0 Å². The number of aromatic hydroxyl groups is 1. The predicted molar refractivity (Wildman–Crippen MR) is 81.3 cm³/mol. The second kappa shape index (κ2) is 6.03. The number of benzene rings is 2. The molecular weight excluding hydrogens is 299 g/mol. The van der Waals surface area contributed by atoms with Crippen LogP contribution in [0.15, 0.2) is 36.4 Å². The van der Waals surface area contributed by atoms with Crippen LogP contribution in [0.4, 0.5) is 11.4 Å². The lowest BCUT2D eigenvalue weighted by Crippen LogP contribution is -2.14. The van der Waals surface area contributed by atoms with Gasteiger partial charge in [-0.15, -0.1) is 0 Å². The van der Waals surface area contributed by atoms with E-state index in [-0.39, 0.29) is 28.1 Å². The molecule has 1 amide bonds. The maximum atomic E-state index is 11.9. The van der Waals surface area contributed by atoms with E-state index in [9.17, 15) is 9.90 Å². The molecule has 2 rings (SSSR count). The number of nitrogens with two attached hydrogens (primary N) is 1. The lowest BCUT2D eigenvalue weighted by molar-refractivity contribution is -0.115. The van der Waals surface area contributed by atoms with E-state index < -0.39 is 0 Å². The summed E-state index contributed by atoms with van der Waals surface area (Å²) in [5, 5.41) is 12.3. The summed E-state index contributed by atoms with van der Waals surface area (Å²) in [5.74, 6) is -0.419. The van der Waals surface area contributed by atoms with Crippen LogP contribution in [0.3, 0.4) is 0 Å². The number of amides is 1. The highest BCUT2D eigenvalue weighted by Gasteiger charge is 2.09. The smallest absolute Gasteiger partial charge is 0.228 e. The Labute approximate surface area is 126 Å². The Morgan fingerprint density at radius 3 is 2.25 bits per heavy atom. The van der Waals surface area contributed by atoms with Gasteiger partial charge >= 0.3 is 0 Å². The van der Waals surface area contributed by atoms with E-state index >= 15 is 0 Å². The number of nitrogens with one attached hydrogen (secondary N) is 1. The van der Waals surface area contributed by atoms with Crippen molar-refractivity contribution in [3.63, 3.8) is 0 Å². The Balaban J connectivity index is 2.06. The van der Waals surface area contributed by atoms with Gasteiger partial charge in [-0.3, -0.25) is 4.79 Å². The molecule has 0 radical (unpaired) electrons. The number of carbonyl (C=O) groups excluding carboxylic acids is 1. The Morgan fingerprint density at radius 2 is 1.70 bits per heavy atom. The number of rotatable bonds is 3. The van der Waals surface area contributed by atoms with Crippen LogP contribution in [0.1, 0.15) is 5.56 Å². The van der Waals surface area contributed by atoms with Crippen LogP contribution in [0.25, 0.3) is 0 Å². The fourth-order valence-corrected chi connectivity index (χ4v) is 2.15. The van der Waals surface area contributed by atoms with Crippen molar-refractivity contribution in [2.45, 2.75) is 6.42 Å². The molecule has 0 bridgehead atoms. The number of nitrogen functional groups attached to an aromatic ring is 1. The first kappa shape index (κ1) is 14.5. The summed E-state index contributed by atoms with van der Waals surface area (Å²) < 4.78 is 0. The van der Waals surface area contributed by atoms with Crippen LogP contribution in [0, 0.1) is 0 Å². The van der Waals surface area contributed by atoms with Crippen molar-refractivity contribution in [2.24, 2.45) is 0 Å². The molecule has 2 aromatic rings. The average Bonchev–Trinajstić information content (AvgIpc) is 2.38. The highest BCUT2D eigenvalue weighted by atomic mass is 35.5. The van der Waals surface area contributed by atoms with Gasteiger partial charge in [0.1, 0.15) is 0 Å². The highest BCUT2D eigenvalue weighted by molar-refractivity contribution is 6.37. The van der Waals surface area contributed by atoms with Gasteiger partial charge in [-0.1, -0.05) is 35.3 Å². The van der Waals surface area contributed by atoms with Crippen LogP contribution < -0.4 is 11.1 Å². The second-order valence-electron chi connectivity index (χ2n) is 4.26. The van der Waals surface area contributed by atoms with E-state index in [1.165, 1.54) is 12.1 Å². The minimum Gasteiger partial charge on any atom is -0.505 e. The molecule has 2 aromatic carbocycles. The first-order chi connectivity index (χ1) is 9.45. The van der Waals surface area contributed by atoms with E-state index in [1.54, 1.807) is 24.3 Å². The van der Waals surface area contributed by atoms with Crippen molar-refractivity contribution < 1.29 is 9.90 Å². The van der Waals surface area contributed by atoms with E-state index in [0.29, 0.717) is 11.4 Å². The normalized spacial score (nSPS) is 10.3. The fraction of sp³-hybridized carbons (Fsp3) is 0.0714. The van der Waals surface area contributed by atoms with Gasteiger partial charge in [0.05, 0.1) is 16.5 Å². The first-order valence-corrected chi connectivity index (χ1v) is 6.53. The van der Waals surface area contributed by atoms with Crippen LogP contribution in [-0.2, 0) is 11.2 Å². The molecule has 6 heteroatoms. The monoisotopic (exact) mass is 310 g/mol. The summed E-state index contributed by atoms with van der Waals surface area (Å²) in [5.41, 5.74) is 7.49. The summed E-state index contributed by atoms with van der Waals surface area (Å²) in [4.78, 5) is 11.9. The zero-order valence-corrected chi connectivity index (χ0v) is 11.9. The number of carbonyl (C=O) groups is 1. The Bertz CT molecular complexity index is 619. The quantitative estimate of drug-likeness (QED) is 0.600. The number of halogens is 2. The lowest BCUT2D eigenvalue weighted by Gasteiger charge is -2.08. The molecular formula is C14H12Cl2N2O2. The lowest BCUT2D eigenvalue weighted by atomic mass is 10.1. The highest BCUT2D eigenvalue weighted by Crippen LogP contribution is 2.34. The molecule has 0 aliphatic heterocycles. The molecule has 0 heterocycles. The molecule has 0 aliphatic carbocycles. The minimum absolute atomic E-state index is 0.0836. The maximum absolute atomic E-state index is 11.9. The molecule has 4 nitrogen and oxygen atoms in total. The van der Waals surface area contributed by atoms with E-state index in [2.05, 4.69) is 5.32 Å². The van der Waals surface area contributed by atoms with Gasteiger partial charge in [-0.25, -0.2) is 0 Å². The number of hydrogen-bond donors (Lipinski definition) is 3. The topological polar surface area (TPSA) is 75.4 Å². The summed E-state index contributed by atoms with van der Waals surface area (Å²) >= 11 is 11.6. The Hall–Kier alpha value is -1.91. The Kier molecular flexibility index (Phi) is 4.37. The summed E-state index contributed by atoms with van der Waals surface area (Å²) in [6.07, 6.45) is 0.205. The van der Waals surface area contributed by atoms with Gasteiger partial charge in [0.25, 0.3) is 0 Å². The third kappa shape index (κ3) is 3.56. The standard InChI is InChI=1S/C14H12Cl2N2O2/c15-11-6-10(7-12(16)14(11)20)18-13(19)5-8-1-3-9(17)4-2-8/h1-4,6-7,20H,5,17H2,(H,18,19). The van der Waals surface area contributed by atoms with Crippen LogP contribution >= 0.6 is 23.2 Å². The van der Waals surface area contributed by atoms with Crippen molar-refractivity contribution in [3.8, 4) is 5.75 Å². The average molecular weight is 311 g/mol. The zero-order valence-electron chi connectivity index (χ0n) is 10.4. The molecule has 20 heavy (non-hydrogen) atoms. The molecule has 0 fully saturated rings. The number of hydrogen-bond acceptors (Lipinski definition) is 3. The maximum Gasteiger partial charge on any atom is 0.228 e. The molecule has 4 N–H and O–H groups in total. The summed E-state index contributed by atoms with van der Waals surface area (Å²) in [7, 11) is 0. The number of anilines is 2. The SMILES string of the molecule is Nc1ccc(CC(=O)Nc2cc(Cl)c(O)c(Cl)c2)cc1. The molecule has 0 aliphatic rings. The second-order valence-corrected chi connectivity index (χ2v) is 5.07. The Morgan fingerprint density at radius 1 is 1.15 bits per heavy atom. The fourth-order valence-electron chi connectivity index (χ4n) is 1.66. The van der Waals surface area contributed by atoms with Gasteiger partial charge in [0.2, 0.25) is 5.91 Å². The number of phenols is 1. The molecule has 0 atom stereocenters. The van der Waals surface area contributed by atoms with Gasteiger partial charge < -0.3 is 16.2 Å². The zero-order chi connectivity index (χ0) is 14.7. The molecule has 0 unspecified atom stereocenters. The predicted octanol–water partition coefficient (Wildman–Crippen LogP) is 3.46. The van der Waals surface area contributed by atoms with Crippen molar-refractivity contribution in [1.29, 1.82) is 0 Å². The molecule has 0 aromatic heterocycles. The minimum atomic E-state index is -0.215. The largest absolute Gasteiger partial charge is 0.505 e. The van der Waals surface area contributed by atoms with Crippen molar-refractivity contribution >= 4 is 40.5 Å². The third-order valence-corrected chi connectivity index (χ3v) is 3.22. The van der Waals surface area contributed by atoms with Gasteiger partial charge in [-0.2, -0.15) is 0 Å². The number of phenolic OH excluding ortho intramolecular Hbond substituents is 1. The molecule has 0 spiro atoms.